The monoisotopic (exact) mass is 362 g/mol. The standard InChI is InChI=1S/C18H22N2O4S/c1-19(13-15-9-7-8-12-17(15)24-3)18(21)14-20(2)25(22,23)16-10-5-4-6-11-16/h4-12H,13-14H2,1-3H3. The number of carbonyl (C=O) groups excluding carboxylic acids is 1. The molecular formula is C18H22N2O4S. The zero-order valence-electron chi connectivity index (χ0n) is 14.5. The smallest absolute Gasteiger partial charge is 0.243 e. The van der Waals surface area contributed by atoms with E-state index in [0.717, 1.165) is 9.87 Å². The van der Waals surface area contributed by atoms with Crippen molar-refractivity contribution in [1.29, 1.82) is 0 Å². The molecule has 0 aliphatic rings. The van der Waals surface area contributed by atoms with Gasteiger partial charge in [0, 0.05) is 26.2 Å². The first kappa shape index (κ1) is 19.0. The maximum atomic E-state index is 12.5. The van der Waals surface area contributed by atoms with Crippen LogP contribution in [-0.4, -0.2) is 51.3 Å². The summed E-state index contributed by atoms with van der Waals surface area (Å²) in [6.07, 6.45) is 0. The van der Waals surface area contributed by atoms with Crippen molar-refractivity contribution in [1.82, 2.24) is 9.21 Å². The number of ether oxygens (including phenoxy) is 1. The normalized spacial score (nSPS) is 11.4. The zero-order chi connectivity index (χ0) is 18.4. The Kier molecular flexibility index (Phi) is 6.17. The van der Waals surface area contributed by atoms with Crippen LogP contribution in [0.25, 0.3) is 0 Å². The van der Waals surface area contributed by atoms with E-state index in [0.29, 0.717) is 12.3 Å². The first-order valence-electron chi connectivity index (χ1n) is 7.73. The molecule has 1 amide bonds. The largest absolute Gasteiger partial charge is 0.496 e. The molecule has 2 aromatic carbocycles. The van der Waals surface area contributed by atoms with Gasteiger partial charge in [-0.1, -0.05) is 36.4 Å². The number of methoxy groups -OCH3 is 1. The van der Waals surface area contributed by atoms with Crippen LogP contribution in [0.5, 0.6) is 5.75 Å². The van der Waals surface area contributed by atoms with E-state index in [2.05, 4.69) is 0 Å². The lowest BCUT2D eigenvalue weighted by molar-refractivity contribution is -0.130. The second kappa shape index (κ2) is 8.13. The third kappa shape index (κ3) is 4.58. The fourth-order valence-corrected chi connectivity index (χ4v) is 3.49. The first-order valence-corrected chi connectivity index (χ1v) is 9.17. The number of amides is 1. The number of sulfonamides is 1. The first-order chi connectivity index (χ1) is 11.9. The molecule has 0 bridgehead atoms. The molecule has 0 radical (unpaired) electrons. The van der Waals surface area contributed by atoms with Crippen molar-refractivity contribution < 1.29 is 17.9 Å². The van der Waals surface area contributed by atoms with Crippen molar-refractivity contribution in [2.75, 3.05) is 27.7 Å². The van der Waals surface area contributed by atoms with Crippen molar-refractivity contribution >= 4 is 15.9 Å². The summed E-state index contributed by atoms with van der Waals surface area (Å²) >= 11 is 0. The van der Waals surface area contributed by atoms with Crippen LogP contribution in [-0.2, 0) is 21.4 Å². The Morgan fingerprint density at radius 3 is 2.24 bits per heavy atom. The molecule has 0 heterocycles. The number of hydrogen-bond acceptors (Lipinski definition) is 4. The highest BCUT2D eigenvalue weighted by atomic mass is 32.2. The average Bonchev–Trinajstić information content (AvgIpc) is 2.62. The maximum Gasteiger partial charge on any atom is 0.243 e. The molecule has 2 aromatic rings. The SMILES string of the molecule is COc1ccccc1CN(C)C(=O)CN(C)S(=O)(=O)c1ccccc1. The van der Waals surface area contributed by atoms with E-state index in [9.17, 15) is 13.2 Å². The molecule has 7 heteroatoms. The Bertz CT molecular complexity index is 822. The summed E-state index contributed by atoms with van der Waals surface area (Å²) in [6, 6.07) is 15.5. The van der Waals surface area contributed by atoms with Crippen LogP contribution < -0.4 is 4.74 Å². The van der Waals surface area contributed by atoms with Gasteiger partial charge in [0.25, 0.3) is 0 Å². The lowest BCUT2D eigenvalue weighted by atomic mass is 10.2. The molecule has 0 fully saturated rings. The van der Waals surface area contributed by atoms with Crippen LogP contribution in [0.1, 0.15) is 5.56 Å². The van der Waals surface area contributed by atoms with Gasteiger partial charge in [0.1, 0.15) is 5.75 Å². The summed E-state index contributed by atoms with van der Waals surface area (Å²) < 4.78 is 31.3. The predicted molar refractivity (Wildman–Crippen MR) is 95.7 cm³/mol. The van der Waals surface area contributed by atoms with E-state index in [1.807, 2.05) is 24.3 Å². The maximum absolute atomic E-state index is 12.5. The number of para-hydroxylation sites is 1. The summed E-state index contributed by atoms with van der Waals surface area (Å²) in [5, 5.41) is 0. The molecule has 0 aliphatic heterocycles. The summed E-state index contributed by atoms with van der Waals surface area (Å²) in [5.41, 5.74) is 0.856. The second-order valence-electron chi connectivity index (χ2n) is 5.64. The number of nitrogens with zero attached hydrogens (tertiary/aromatic N) is 2. The molecule has 6 nitrogen and oxygen atoms in total. The van der Waals surface area contributed by atoms with Crippen LogP contribution in [0.2, 0.25) is 0 Å². The van der Waals surface area contributed by atoms with Gasteiger partial charge in [-0.2, -0.15) is 4.31 Å². The van der Waals surface area contributed by atoms with E-state index < -0.39 is 10.0 Å². The fourth-order valence-electron chi connectivity index (χ4n) is 2.35. The minimum Gasteiger partial charge on any atom is -0.496 e. The minimum atomic E-state index is -3.69. The quantitative estimate of drug-likeness (QED) is 0.755. The predicted octanol–water partition coefficient (Wildman–Crippen LogP) is 1.97. The third-order valence-electron chi connectivity index (χ3n) is 3.84. The molecular weight excluding hydrogens is 340 g/mol. The highest BCUT2D eigenvalue weighted by molar-refractivity contribution is 7.89. The molecule has 0 saturated carbocycles. The van der Waals surface area contributed by atoms with Crippen molar-refractivity contribution in [3.63, 3.8) is 0 Å². The third-order valence-corrected chi connectivity index (χ3v) is 5.65. The second-order valence-corrected chi connectivity index (χ2v) is 7.68. The fraction of sp³-hybridized carbons (Fsp3) is 0.278. The molecule has 0 unspecified atom stereocenters. The summed E-state index contributed by atoms with van der Waals surface area (Å²) in [7, 11) is 0.915. The van der Waals surface area contributed by atoms with E-state index >= 15 is 0 Å². The van der Waals surface area contributed by atoms with E-state index in [1.165, 1.54) is 24.1 Å². The van der Waals surface area contributed by atoms with Gasteiger partial charge in [0.05, 0.1) is 18.6 Å². The number of likely N-dealkylation sites (N-methyl/N-ethyl adjacent to an activating group) is 2. The van der Waals surface area contributed by atoms with Crippen molar-refractivity contribution in [2.45, 2.75) is 11.4 Å². The van der Waals surface area contributed by atoms with Gasteiger partial charge in [0.15, 0.2) is 0 Å². The van der Waals surface area contributed by atoms with Gasteiger partial charge in [-0.05, 0) is 18.2 Å². The molecule has 25 heavy (non-hydrogen) atoms. The Labute approximate surface area is 148 Å². The van der Waals surface area contributed by atoms with Gasteiger partial charge in [-0.25, -0.2) is 8.42 Å². The van der Waals surface area contributed by atoms with Crippen LogP contribution in [0.15, 0.2) is 59.5 Å². The van der Waals surface area contributed by atoms with Gasteiger partial charge < -0.3 is 9.64 Å². The molecule has 0 saturated heterocycles. The molecule has 134 valence electrons. The minimum absolute atomic E-state index is 0.165. The van der Waals surface area contributed by atoms with Gasteiger partial charge in [-0.3, -0.25) is 4.79 Å². The molecule has 0 spiro atoms. The van der Waals surface area contributed by atoms with E-state index in [4.69, 9.17) is 4.74 Å². The average molecular weight is 362 g/mol. The molecule has 0 aliphatic carbocycles. The van der Waals surface area contributed by atoms with E-state index in [1.54, 1.807) is 32.4 Å². The van der Waals surface area contributed by atoms with Crippen molar-refractivity contribution in [3.05, 3.63) is 60.2 Å². The Balaban J connectivity index is 2.06. The van der Waals surface area contributed by atoms with Gasteiger partial charge in [0.2, 0.25) is 15.9 Å². The van der Waals surface area contributed by atoms with Crippen LogP contribution in [0.3, 0.4) is 0 Å². The summed E-state index contributed by atoms with van der Waals surface area (Å²) in [4.78, 5) is 14.1. The number of benzene rings is 2. The topological polar surface area (TPSA) is 66.9 Å². The lowest BCUT2D eigenvalue weighted by Gasteiger charge is -2.22. The van der Waals surface area contributed by atoms with E-state index in [-0.39, 0.29) is 17.3 Å². The molecule has 0 atom stereocenters. The van der Waals surface area contributed by atoms with Gasteiger partial charge >= 0.3 is 0 Å². The van der Waals surface area contributed by atoms with Crippen molar-refractivity contribution in [3.8, 4) is 5.75 Å². The van der Waals surface area contributed by atoms with Crippen LogP contribution in [0.4, 0.5) is 0 Å². The molecule has 0 aromatic heterocycles. The number of hydrogen-bond donors (Lipinski definition) is 0. The van der Waals surface area contributed by atoms with Gasteiger partial charge in [-0.15, -0.1) is 0 Å². The lowest BCUT2D eigenvalue weighted by Crippen LogP contribution is -2.39. The summed E-state index contributed by atoms with van der Waals surface area (Å²) in [5.74, 6) is 0.389. The Morgan fingerprint density at radius 1 is 1.00 bits per heavy atom. The van der Waals surface area contributed by atoms with Crippen LogP contribution >= 0.6 is 0 Å². The van der Waals surface area contributed by atoms with Crippen LogP contribution in [0, 0.1) is 0 Å². The molecule has 2 rings (SSSR count). The number of carbonyl (C=O) groups is 1. The Morgan fingerprint density at radius 2 is 1.60 bits per heavy atom. The highest BCUT2D eigenvalue weighted by Gasteiger charge is 2.24. The highest BCUT2D eigenvalue weighted by Crippen LogP contribution is 2.19. The Hall–Kier alpha value is -2.38. The summed E-state index contributed by atoms with van der Waals surface area (Å²) in [6.45, 7) is 0.102. The number of rotatable bonds is 7. The zero-order valence-corrected chi connectivity index (χ0v) is 15.4. The van der Waals surface area contributed by atoms with Crippen molar-refractivity contribution in [2.24, 2.45) is 0 Å². The molecule has 0 N–H and O–H groups in total.